The Bertz CT molecular complexity index is 1170. The molecule has 2 aliphatic heterocycles. The highest BCUT2D eigenvalue weighted by Crippen LogP contribution is 2.40. The Balaban J connectivity index is 1.15. The second kappa shape index (κ2) is 12.4. The van der Waals surface area contributed by atoms with Crippen LogP contribution in [0.2, 0.25) is 0 Å². The van der Waals surface area contributed by atoms with Crippen molar-refractivity contribution in [2.45, 2.75) is 109 Å². The maximum Gasteiger partial charge on any atom is 0.325 e. The van der Waals surface area contributed by atoms with Crippen molar-refractivity contribution in [3.63, 3.8) is 0 Å². The standard InChI is InChI=1S/C32H45N3O4/c1-20-16-24-19-39-22(3)21(2)29(24)28(17-20)30(32(36)37)35(4)26-12-13-27(18-26)38-15-6-5-9-25-11-10-23-8-7-14-33-31(23)34-25/h10-11,16-17,21-22,26-27,30H,5-9,12-15,18-19H2,1-4H3,(H,33,34)(H,36,37)/t21-,22-,26+,27+,30+/m1/s1. The van der Waals surface area contributed by atoms with Gasteiger partial charge < -0.3 is 19.9 Å². The zero-order valence-electron chi connectivity index (χ0n) is 24.0. The Morgan fingerprint density at radius 1 is 1.23 bits per heavy atom. The molecular weight excluding hydrogens is 490 g/mol. The summed E-state index contributed by atoms with van der Waals surface area (Å²) in [7, 11) is 1.98. The molecule has 212 valence electrons. The van der Waals surface area contributed by atoms with Crippen molar-refractivity contribution in [2.24, 2.45) is 0 Å². The van der Waals surface area contributed by atoms with Crippen molar-refractivity contribution in [3.8, 4) is 0 Å². The van der Waals surface area contributed by atoms with E-state index in [0.29, 0.717) is 6.61 Å². The van der Waals surface area contributed by atoms with Crippen molar-refractivity contribution < 1.29 is 19.4 Å². The van der Waals surface area contributed by atoms with Crippen molar-refractivity contribution in [3.05, 3.63) is 57.8 Å². The molecule has 0 spiro atoms. The van der Waals surface area contributed by atoms with E-state index in [9.17, 15) is 9.90 Å². The highest BCUT2D eigenvalue weighted by Gasteiger charge is 2.38. The summed E-state index contributed by atoms with van der Waals surface area (Å²) in [6.07, 6.45) is 8.41. The van der Waals surface area contributed by atoms with Gasteiger partial charge in [0.05, 0.1) is 18.8 Å². The number of aryl methyl sites for hydroxylation is 3. The molecule has 2 N–H and O–H groups in total. The zero-order valence-corrected chi connectivity index (χ0v) is 24.0. The van der Waals surface area contributed by atoms with Crippen LogP contribution in [0.25, 0.3) is 0 Å². The average molecular weight is 536 g/mol. The number of benzene rings is 1. The van der Waals surface area contributed by atoms with Crippen molar-refractivity contribution in [1.82, 2.24) is 9.88 Å². The summed E-state index contributed by atoms with van der Waals surface area (Å²) in [5, 5.41) is 13.8. The molecule has 0 amide bonds. The van der Waals surface area contributed by atoms with Gasteiger partial charge in [-0.25, -0.2) is 4.98 Å². The SMILES string of the molecule is Cc1cc2c(c([C@@H](C(=O)O)N(C)[C@H]3CC[C@H](OCCCCc4ccc5c(n4)NCCC5)C3)c1)[C@H](C)[C@@H](C)OC2. The molecule has 1 aromatic carbocycles. The number of nitrogens with zero attached hydrogens (tertiary/aromatic N) is 2. The van der Waals surface area contributed by atoms with E-state index in [1.54, 1.807) is 0 Å². The average Bonchev–Trinajstić information content (AvgIpc) is 3.39. The van der Waals surface area contributed by atoms with Crippen LogP contribution in [0.1, 0.15) is 97.8 Å². The van der Waals surface area contributed by atoms with Crippen molar-refractivity contribution >= 4 is 11.8 Å². The molecule has 1 aromatic heterocycles. The number of aromatic nitrogens is 1. The quantitative estimate of drug-likeness (QED) is 0.373. The number of likely N-dealkylation sites (N-methyl/N-ethyl adjacent to an activating group) is 1. The van der Waals surface area contributed by atoms with Crippen LogP contribution in [0.15, 0.2) is 24.3 Å². The number of pyridine rings is 1. The first-order chi connectivity index (χ1) is 18.8. The molecular formula is C32H45N3O4. The van der Waals surface area contributed by atoms with Gasteiger partial charge in [-0.05, 0) is 101 Å². The third-order valence-electron chi connectivity index (χ3n) is 9.10. The number of anilines is 1. The minimum absolute atomic E-state index is 0.0719. The van der Waals surface area contributed by atoms with E-state index in [1.165, 1.54) is 12.0 Å². The molecule has 1 saturated carbocycles. The normalized spacial score (nSPS) is 25.2. The molecule has 7 heteroatoms. The highest BCUT2D eigenvalue weighted by atomic mass is 16.5. The van der Waals surface area contributed by atoms with Gasteiger partial charge in [0.1, 0.15) is 11.9 Å². The molecule has 2 aromatic rings. The van der Waals surface area contributed by atoms with E-state index in [2.05, 4.69) is 48.3 Å². The summed E-state index contributed by atoms with van der Waals surface area (Å²) in [6, 6.07) is 8.14. The Morgan fingerprint density at radius 3 is 2.90 bits per heavy atom. The Labute approximate surface area is 233 Å². The highest BCUT2D eigenvalue weighted by molar-refractivity contribution is 5.77. The molecule has 0 unspecified atom stereocenters. The molecule has 0 radical (unpaired) electrons. The Hall–Kier alpha value is -2.48. The number of hydrogen-bond acceptors (Lipinski definition) is 6. The minimum atomic E-state index is -0.785. The third kappa shape index (κ3) is 6.31. The lowest BCUT2D eigenvalue weighted by Crippen LogP contribution is -2.39. The Morgan fingerprint density at radius 2 is 2.08 bits per heavy atom. The van der Waals surface area contributed by atoms with Gasteiger partial charge in [-0.15, -0.1) is 0 Å². The van der Waals surface area contributed by atoms with Crippen LogP contribution in [-0.2, 0) is 33.7 Å². The molecule has 5 rings (SSSR count). The van der Waals surface area contributed by atoms with Gasteiger partial charge in [0, 0.05) is 30.8 Å². The summed E-state index contributed by atoms with van der Waals surface area (Å²) in [5.74, 6) is 0.443. The molecule has 5 atom stereocenters. The lowest BCUT2D eigenvalue weighted by molar-refractivity contribution is -0.144. The minimum Gasteiger partial charge on any atom is -0.480 e. The lowest BCUT2D eigenvalue weighted by Gasteiger charge is -2.36. The largest absolute Gasteiger partial charge is 0.480 e. The molecule has 1 aliphatic carbocycles. The second-order valence-corrected chi connectivity index (χ2v) is 11.9. The first-order valence-corrected chi connectivity index (χ1v) is 14.9. The summed E-state index contributed by atoms with van der Waals surface area (Å²) in [6.45, 7) is 8.58. The van der Waals surface area contributed by atoms with Gasteiger partial charge in [0.15, 0.2) is 0 Å². The third-order valence-corrected chi connectivity index (χ3v) is 9.10. The second-order valence-electron chi connectivity index (χ2n) is 11.9. The molecule has 3 aliphatic rings. The van der Waals surface area contributed by atoms with Gasteiger partial charge in [-0.3, -0.25) is 9.69 Å². The first-order valence-electron chi connectivity index (χ1n) is 14.9. The number of aliphatic carboxylic acids is 1. The maximum atomic E-state index is 12.7. The van der Waals surface area contributed by atoms with E-state index in [4.69, 9.17) is 14.5 Å². The van der Waals surface area contributed by atoms with Crippen LogP contribution in [0.4, 0.5) is 5.82 Å². The van der Waals surface area contributed by atoms with Gasteiger partial charge in [0.25, 0.3) is 0 Å². The van der Waals surface area contributed by atoms with Crippen molar-refractivity contribution in [1.29, 1.82) is 0 Å². The van der Waals surface area contributed by atoms with E-state index in [-0.39, 0.29) is 24.2 Å². The van der Waals surface area contributed by atoms with Gasteiger partial charge in [0.2, 0.25) is 0 Å². The summed E-state index contributed by atoms with van der Waals surface area (Å²) in [4.78, 5) is 19.6. The fourth-order valence-electron chi connectivity index (χ4n) is 6.75. The summed E-state index contributed by atoms with van der Waals surface area (Å²) in [5.41, 5.74) is 6.79. The number of carboxylic acid groups (broad SMARTS) is 1. The molecule has 39 heavy (non-hydrogen) atoms. The number of unbranched alkanes of at least 4 members (excludes halogenated alkanes) is 1. The van der Waals surface area contributed by atoms with Crippen LogP contribution in [0, 0.1) is 6.92 Å². The molecule has 0 saturated heterocycles. The van der Waals surface area contributed by atoms with Gasteiger partial charge >= 0.3 is 5.97 Å². The van der Waals surface area contributed by atoms with E-state index in [1.807, 2.05) is 14.0 Å². The number of ether oxygens (including phenoxy) is 2. The number of carboxylic acids is 1. The van der Waals surface area contributed by atoms with E-state index in [0.717, 1.165) is 91.9 Å². The number of carbonyl (C=O) groups is 1. The zero-order chi connectivity index (χ0) is 27.5. The van der Waals surface area contributed by atoms with Crippen LogP contribution in [0.5, 0.6) is 0 Å². The predicted molar refractivity (Wildman–Crippen MR) is 153 cm³/mol. The Kier molecular flexibility index (Phi) is 8.89. The topological polar surface area (TPSA) is 83.9 Å². The van der Waals surface area contributed by atoms with Crippen LogP contribution in [0.3, 0.4) is 0 Å². The smallest absolute Gasteiger partial charge is 0.325 e. The van der Waals surface area contributed by atoms with Crippen LogP contribution in [-0.4, -0.2) is 59.4 Å². The van der Waals surface area contributed by atoms with E-state index >= 15 is 0 Å². The van der Waals surface area contributed by atoms with Crippen LogP contribution < -0.4 is 5.32 Å². The monoisotopic (exact) mass is 535 g/mol. The maximum absolute atomic E-state index is 12.7. The number of fused-ring (bicyclic) bond motifs is 2. The van der Waals surface area contributed by atoms with Crippen molar-refractivity contribution in [2.75, 3.05) is 25.5 Å². The number of rotatable bonds is 10. The fraction of sp³-hybridized carbons (Fsp3) is 0.625. The molecule has 3 heterocycles. The molecule has 1 fully saturated rings. The first kappa shape index (κ1) is 28.1. The number of hydrogen-bond donors (Lipinski definition) is 2. The van der Waals surface area contributed by atoms with E-state index < -0.39 is 12.0 Å². The predicted octanol–water partition coefficient (Wildman–Crippen LogP) is 5.79. The number of nitrogens with one attached hydrogen (secondary N) is 1. The summed E-state index contributed by atoms with van der Waals surface area (Å²) < 4.78 is 12.2. The van der Waals surface area contributed by atoms with Gasteiger partial charge in [-0.1, -0.05) is 30.7 Å². The molecule has 0 bridgehead atoms. The lowest BCUT2D eigenvalue weighted by atomic mass is 9.82. The summed E-state index contributed by atoms with van der Waals surface area (Å²) >= 11 is 0. The molecule has 7 nitrogen and oxygen atoms in total. The fourth-order valence-corrected chi connectivity index (χ4v) is 6.75. The van der Waals surface area contributed by atoms with Crippen LogP contribution >= 0.6 is 0 Å². The van der Waals surface area contributed by atoms with Gasteiger partial charge in [-0.2, -0.15) is 0 Å².